The van der Waals surface area contributed by atoms with Crippen LogP contribution in [0.15, 0.2) is 0 Å². The van der Waals surface area contributed by atoms with E-state index in [4.69, 9.17) is 4.74 Å². The predicted molar refractivity (Wildman–Crippen MR) is 70.2 cm³/mol. The maximum atomic E-state index is 11.1. The van der Waals surface area contributed by atoms with Gasteiger partial charge < -0.3 is 9.47 Å². The second-order valence-corrected chi connectivity index (χ2v) is 5.57. The molecule has 2 aliphatic heterocycles. The largest absolute Gasteiger partial charge is 0.466 e. The van der Waals surface area contributed by atoms with Crippen LogP contribution in [0.3, 0.4) is 0 Å². The Bertz CT molecular complexity index is 314. The Morgan fingerprint density at radius 1 is 1.37 bits per heavy atom. The van der Waals surface area contributed by atoms with Gasteiger partial charge in [-0.15, -0.1) is 0 Å². The molecule has 2 heterocycles. The molecule has 2 saturated heterocycles. The van der Waals surface area contributed by atoms with Crippen LogP contribution >= 0.6 is 0 Å². The molecule has 0 amide bonds. The number of hydrogen-bond acceptors (Lipinski definition) is 6. The number of fused-ring (bicyclic) bond motifs is 1. The molecule has 0 bridgehead atoms. The normalized spacial score (nSPS) is 22.0. The van der Waals surface area contributed by atoms with E-state index in [1.165, 1.54) is 6.54 Å². The van der Waals surface area contributed by atoms with Gasteiger partial charge in [-0.05, 0) is 27.7 Å². The van der Waals surface area contributed by atoms with Gasteiger partial charge in [-0.25, -0.2) is 10.0 Å². The number of piperazine rings is 1. The van der Waals surface area contributed by atoms with Gasteiger partial charge in [-0.3, -0.25) is 9.59 Å². The van der Waals surface area contributed by atoms with Gasteiger partial charge in [0, 0.05) is 25.7 Å². The second kappa shape index (κ2) is 6.86. The van der Waals surface area contributed by atoms with E-state index in [0.29, 0.717) is 25.5 Å². The maximum absolute atomic E-state index is 11.1. The Labute approximate surface area is 114 Å². The van der Waals surface area contributed by atoms with Crippen LogP contribution in [0.5, 0.6) is 0 Å². The number of nitrogens with zero attached hydrogens (tertiary/aromatic N) is 2. The van der Waals surface area contributed by atoms with Crippen LogP contribution in [0.1, 0.15) is 34.1 Å². The quantitative estimate of drug-likeness (QED) is 0.557. The van der Waals surface area contributed by atoms with Crippen molar-refractivity contribution in [1.29, 1.82) is 0 Å². The minimum atomic E-state index is -0.318. The van der Waals surface area contributed by atoms with Crippen LogP contribution in [-0.2, 0) is 19.1 Å². The molecular weight excluding hydrogens is 248 g/mol. The number of carbonyl (C=O) groups excluding carboxylic acids is 2. The van der Waals surface area contributed by atoms with E-state index >= 15 is 0 Å². The van der Waals surface area contributed by atoms with E-state index in [-0.39, 0.29) is 11.6 Å². The Kier molecular flexibility index (Phi) is 5.75. The van der Waals surface area contributed by atoms with Crippen LogP contribution in [0.25, 0.3) is 0 Å². The fourth-order valence-corrected chi connectivity index (χ4v) is 1.93. The molecule has 0 saturated carbocycles. The average Bonchev–Trinajstić information content (AvgIpc) is 2.24. The molecule has 110 valence electrons. The fourth-order valence-electron chi connectivity index (χ4n) is 1.93. The summed E-state index contributed by atoms with van der Waals surface area (Å²) in [5.74, 6) is -0.0611. The van der Waals surface area contributed by atoms with Gasteiger partial charge in [0.15, 0.2) is 0 Å². The molecule has 0 N–H and O–H groups in total. The van der Waals surface area contributed by atoms with Crippen molar-refractivity contribution in [2.24, 2.45) is 0 Å². The van der Waals surface area contributed by atoms with Gasteiger partial charge in [-0.1, -0.05) is 0 Å². The first-order valence-electron chi connectivity index (χ1n) is 6.66. The zero-order chi connectivity index (χ0) is 14.5. The molecule has 2 fully saturated rings. The molecule has 19 heavy (non-hydrogen) atoms. The summed E-state index contributed by atoms with van der Waals surface area (Å²) in [6.07, 6.45) is 0.560. The number of carbonyl (C=O) groups is 2. The molecule has 2 aliphatic rings. The van der Waals surface area contributed by atoms with Crippen molar-refractivity contribution in [2.75, 3.05) is 26.2 Å². The third-order valence-electron chi connectivity index (χ3n) is 2.90. The monoisotopic (exact) mass is 272 g/mol. The summed E-state index contributed by atoms with van der Waals surface area (Å²) in [6.45, 7) is 11.6. The van der Waals surface area contributed by atoms with Crippen LogP contribution in [0.2, 0.25) is 0 Å². The first-order chi connectivity index (χ1) is 8.87. The third kappa shape index (κ3) is 5.16. The second-order valence-electron chi connectivity index (χ2n) is 5.57. The smallest absolute Gasteiger partial charge is 0.307 e. The topological polar surface area (TPSA) is 59.1 Å². The molecular formula is C13H24N2O4. The Hall–Kier alpha value is -1.14. The van der Waals surface area contributed by atoms with Crippen LogP contribution in [0.4, 0.5) is 0 Å². The third-order valence-corrected chi connectivity index (χ3v) is 2.90. The van der Waals surface area contributed by atoms with Crippen LogP contribution in [-0.4, -0.2) is 60.3 Å². The van der Waals surface area contributed by atoms with E-state index in [2.05, 4.69) is 14.8 Å². The number of ether oxygens (including phenoxy) is 2. The summed E-state index contributed by atoms with van der Waals surface area (Å²) in [4.78, 5) is 20.7. The number of hydrogen-bond donors (Lipinski definition) is 0. The van der Waals surface area contributed by atoms with E-state index in [0.717, 1.165) is 13.1 Å². The summed E-state index contributed by atoms with van der Waals surface area (Å²) < 4.78 is 9.42. The lowest BCUT2D eigenvalue weighted by Crippen LogP contribution is -2.74. The Morgan fingerprint density at radius 2 is 2.05 bits per heavy atom. The maximum Gasteiger partial charge on any atom is 0.307 e. The van der Waals surface area contributed by atoms with Gasteiger partial charge in [0.25, 0.3) is 6.47 Å². The Balaban J connectivity index is 0.000000224. The van der Waals surface area contributed by atoms with Crippen molar-refractivity contribution >= 4 is 12.4 Å². The summed E-state index contributed by atoms with van der Waals surface area (Å²) in [5, 5.41) is 4.49. The lowest BCUT2D eigenvalue weighted by Gasteiger charge is -2.58. The number of hydrazine groups is 1. The molecule has 0 aromatic heterocycles. The molecule has 1 unspecified atom stereocenters. The van der Waals surface area contributed by atoms with E-state index < -0.39 is 0 Å². The van der Waals surface area contributed by atoms with Crippen molar-refractivity contribution in [3.8, 4) is 0 Å². The summed E-state index contributed by atoms with van der Waals surface area (Å²) in [7, 11) is 0. The van der Waals surface area contributed by atoms with E-state index in [9.17, 15) is 9.59 Å². The van der Waals surface area contributed by atoms with Gasteiger partial charge >= 0.3 is 5.97 Å². The fraction of sp³-hybridized carbons (Fsp3) is 0.846. The van der Waals surface area contributed by atoms with Gasteiger partial charge in [0.05, 0.1) is 13.0 Å². The highest BCUT2D eigenvalue weighted by Gasteiger charge is 2.43. The predicted octanol–water partition coefficient (Wildman–Crippen LogP) is 0.812. The van der Waals surface area contributed by atoms with Crippen LogP contribution in [0, 0.1) is 0 Å². The molecule has 0 radical (unpaired) electrons. The van der Waals surface area contributed by atoms with E-state index in [1.54, 1.807) is 0 Å². The molecule has 0 aromatic rings. The lowest BCUT2D eigenvalue weighted by molar-refractivity contribution is -0.236. The molecule has 1 atom stereocenters. The SMILES string of the molecule is CC(C)(C)OC=O.CCOC(=O)CC1CN2CCN12. The minimum absolute atomic E-state index is 0.0611. The summed E-state index contributed by atoms with van der Waals surface area (Å²) >= 11 is 0. The highest BCUT2D eigenvalue weighted by atomic mass is 16.5. The van der Waals surface area contributed by atoms with Gasteiger partial charge in [0.1, 0.15) is 5.60 Å². The molecule has 2 rings (SSSR count). The first kappa shape index (κ1) is 15.9. The van der Waals surface area contributed by atoms with Crippen molar-refractivity contribution in [3.63, 3.8) is 0 Å². The zero-order valence-corrected chi connectivity index (χ0v) is 12.2. The highest BCUT2D eigenvalue weighted by molar-refractivity contribution is 5.70. The standard InChI is InChI=1S/C8H14N2O2.C5H10O2/c1-2-12-8(11)5-7-6-9-3-4-10(7)9;1-5(2,3)7-4-6/h7H,2-6H2,1H3;4H,1-3H3. The van der Waals surface area contributed by atoms with Crippen molar-refractivity contribution in [3.05, 3.63) is 0 Å². The molecule has 0 spiro atoms. The van der Waals surface area contributed by atoms with Crippen LogP contribution < -0.4 is 0 Å². The van der Waals surface area contributed by atoms with Crippen molar-refractivity contribution in [2.45, 2.75) is 45.8 Å². The zero-order valence-electron chi connectivity index (χ0n) is 12.2. The highest BCUT2D eigenvalue weighted by Crippen LogP contribution is 2.27. The Morgan fingerprint density at radius 3 is 2.32 bits per heavy atom. The number of rotatable bonds is 4. The van der Waals surface area contributed by atoms with Crippen molar-refractivity contribution in [1.82, 2.24) is 10.0 Å². The average molecular weight is 272 g/mol. The van der Waals surface area contributed by atoms with E-state index in [1.807, 2.05) is 27.7 Å². The lowest BCUT2D eigenvalue weighted by atomic mass is 10.1. The summed E-state index contributed by atoms with van der Waals surface area (Å²) in [6, 6.07) is 0.429. The molecule has 6 heteroatoms. The van der Waals surface area contributed by atoms with Gasteiger partial charge in [-0.2, -0.15) is 0 Å². The number of esters is 1. The van der Waals surface area contributed by atoms with Crippen molar-refractivity contribution < 1.29 is 19.1 Å². The minimum Gasteiger partial charge on any atom is -0.466 e. The van der Waals surface area contributed by atoms with Gasteiger partial charge in [0.2, 0.25) is 0 Å². The summed E-state index contributed by atoms with van der Waals surface area (Å²) in [5.41, 5.74) is -0.318. The molecule has 6 nitrogen and oxygen atoms in total. The molecule has 0 aromatic carbocycles. The first-order valence-corrected chi connectivity index (χ1v) is 6.66. The molecule has 0 aliphatic carbocycles.